The molecular weight excluding hydrogens is 214 g/mol. The molecule has 0 aromatic heterocycles. The zero-order valence-corrected chi connectivity index (χ0v) is 10.8. The molecule has 1 nitrogen and oxygen atoms in total. The van der Waals surface area contributed by atoms with Gasteiger partial charge in [-0.25, -0.2) is 0 Å². The van der Waals surface area contributed by atoms with Crippen LogP contribution in [0.1, 0.15) is 25.8 Å². The van der Waals surface area contributed by atoms with E-state index in [1.54, 1.807) is 0 Å². The standard InChI is InChI=1S/C14H19NS/c1-4-14(2,3)10-13(16)15-11-12-8-6-5-7-9-12/h4-9H,1,10-11H2,2-3H3,(H,15,16). The number of benzene rings is 1. The molecule has 0 bridgehead atoms. The molecule has 1 rings (SSSR count). The van der Waals surface area contributed by atoms with Crippen LogP contribution in [-0.4, -0.2) is 4.99 Å². The number of rotatable bonds is 5. The predicted octanol–water partition coefficient (Wildman–Crippen LogP) is 3.71. The number of allylic oxidation sites excluding steroid dienone is 1. The van der Waals surface area contributed by atoms with E-state index in [0.717, 1.165) is 18.0 Å². The van der Waals surface area contributed by atoms with Gasteiger partial charge < -0.3 is 5.32 Å². The molecule has 0 amide bonds. The summed E-state index contributed by atoms with van der Waals surface area (Å²) in [5.74, 6) is 0. The van der Waals surface area contributed by atoms with Crippen molar-refractivity contribution in [1.29, 1.82) is 0 Å². The number of nitrogens with one attached hydrogen (secondary N) is 1. The van der Waals surface area contributed by atoms with Gasteiger partial charge in [-0.15, -0.1) is 6.58 Å². The van der Waals surface area contributed by atoms with Crippen LogP contribution in [0.2, 0.25) is 0 Å². The Bertz CT molecular complexity index is 354. The van der Waals surface area contributed by atoms with Gasteiger partial charge in [0, 0.05) is 13.0 Å². The molecule has 0 fully saturated rings. The predicted molar refractivity (Wildman–Crippen MR) is 74.5 cm³/mol. The summed E-state index contributed by atoms with van der Waals surface area (Å²) in [7, 11) is 0. The Balaban J connectivity index is 2.39. The van der Waals surface area contributed by atoms with Crippen molar-refractivity contribution in [3.8, 4) is 0 Å². The first-order valence-corrected chi connectivity index (χ1v) is 5.88. The van der Waals surface area contributed by atoms with Crippen molar-refractivity contribution in [2.75, 3.05) is 0 Å². The Hall–Kier alpha value is -1.15. The van der Waals surface area contributed by atoms with Crippen molar-refractivity contribution in [3.05, 3.63) is 48.6 Å². The van der Waals surface area contributed by atoms with Crippen LogP contribution >= 0.6 is 12.2 Å². The fourth-order valence-corrected chi connectivity index (χ4v) is 1.79. The number of hydrogen-bond acceptors (Lipinski definition) is 1. The molecule has 16 heavy (non-hydrogen) atoms. The van der Waals surface area contributed by atoms with Crippen molar-refractivity contribution in [3.63, 3.8) is 0 Å². The summed E-state index contributed by atoms with van der Waals surface area (Å²) in [5, 5.41) is 3.27. The lowest BCUT2D eigenvalue weighted by Gasteiger charge is -2.20. The van der Waals surface area contributed by atoms with Crippen LogP contribution in [0.3, 0.4) is 0 Å². The molecule has 0 saturated carbocycles. The van der Waals surface area contributed by atoms with Crippen LogP contribution in [0, 0.1) is 5.41 Å². The Kier molecular flexibility index (Phi) is 4.69. The fourth-order valence-electron chi connectivity index (χ4n) is 1.34. The van der Waals surface area contributed by atoms with E-state index >= 15 is 0 Å². The average Bonchev–Trinajstić information content (AvgIpc) is 2.27. The number of thiocarbonyl (C=S) groups is 1. The van der Waals surface area contributed by atoms with E-state index in [1.165, 1.54) is 5.56 Å². The molecule has 0 aliphatic heterocycles. The van der Waals surface area contributed by atoms with Gasteiger partial charge in [-0.1, -0.05) is 62.5 Å². The Morgan fingerprint density at radius 1 is 1.38 bits per heavy atom. The smallest absolute Gasteiger partial charge is 0.0764 e. The molecule has 1 N–H and O–H groups in total. The lowest BCUT2D eigenvalue weighted by atomic mass is 9.90. The van der Waals surface area contributed by atoms with Gasteiger partial charge in [0.25, 0.3) is 0 Å². The minimum Gasteiger partial charge on any atom is -0.376 e. The van der Waals surface area contributed by atoms with E-state index in [1.807, 2.05) is 24.3 Å². The fraction of sp³-hybridized carbons (Fsp3) is 0.357. The molecule has 86 valence electrons. The van der Waals surface area contributed by atoms with E-state index in [9.17, 15) is 0 Å². The van der Waals surface area contributed by atoms with Crippen LogP contribution in [-0.2, 0) is 6.54 Å². The second-order valence-electron chi connectivity index (χ2n) is 4.63. The van der Waals surface area contributed by atoms with Crippen LogP contribution in [0.5, 0.6) is 0 Å². The molecule has 0 saturated heterocycles. The Morgan fingerprint density at radius 3 is 2.56 bits per heavy atom. The van der Waals surface area contributed by atoms with Crippen LogP contribution in [0.4, 0.5) is 0 Å². The first-order chi connectivity index (χ1) is 7.53. The largest absolute Gasteiger partial charge is 0.376 e. The van der Waals surface area contributed by atoms with Gasteiger partial charge in [-0.05, 0) is 11.0 Å². The quantitative estimate of drug-likeness (QED) is 0.614. The van der Waals surface area contributed by atoms with Crippen LogP contribution in [0.25, 0.3) is 0 Å². The van der Waals surface area contributed by atoms with E-state index in [-0.39, 0.29) is 5.41 Å². The topological polar surface area (TPSA) is 12.0 Å². The molecule has 0 aliphatic rings. The SMILES string of the molecule is C=CC(C)(C)CC(=S)NCc1ccccc1. The Morgan fingerprint density at radius 2 is 2.00 bits per heavy atom. The first-order valence-electron chi connectivity index (χ1n) is 5.48. The molecular formula is C14H19NS. The second kappa shape index (κ2) is 5.80. The molecule has 2 heteroatoms. The molecule has 0 aliphatic carbocycles. The highest BCUT2D eigenvalue weighted by molar-refractivity contribution is 7.80. The molecule has 0 spiro atoms. The molecule has 0 unspecified atom stereocenters. The van der Waals surface area contributed by atoms with Crippen LogP contribution < -0.4 is 5.32 Å². The van der Waals surface area contributed by atoms with E-state index in [2.05, 4.69) is 37.9 Å². The third kappa shape index (κ3) is 4.58. The van der Waals surface area contributed by atoms with Crippen molar-refractivity contribution >= 4 is 17.2 Å². The zero-order valence-electron chi connectivity index (χ0n) is 9.99. The summed E-state index contributed by atoms with van der Waals surface area (Å²) in [5.41, 5.74) is 1.32. The second-order valence-corrected chi connectivity index (χ2v) is 5.12. The van der Waals surface area contributed by atoms with Crippen molar-refractivity contribution in [1.82, 2.24) is 5.32 Å². The van der Waals surface area contributed by atoms with Crippen molar-refractivity contribution in [2.24, 2.45) is 5.41 Å². The average molecular weight is 233 g/mol. The molecule has 1 aromatic carbocycles. The maximum Gasteiger partial charge on any atom is 0.0764 e. The van der Waals surface area contributed by atoms with Gasteiger partial charge in [0.1, 0.15) is 0 Å². The van der Waals surface area contributed by atoms with Gasteiger partial charge in [0.05, 0.1) is 4.99 Å². The zero-order chi connectivity index (χ0) is 12.0. The highest BCUT2D eigenvalue weighted by Gasteiger charge is 2.15. The minimum absolute atomic E-state index is 0.0702. The highest BCUT2D eigenvalue weighted by atomic mass is 32.1. The summed E-state index contributed by atoms with van der Waals surface area (Å²) in [6.07, 6.45) is 2.79. The maximum absolute atomic E-state index is 5.31. The monoisotopic (exact) mass is 233 g/mol. The molecule has 0 radical (unpaired) electrons. The van der Waals surface area contributed by atoms with Crippen molar-refractivity contribution in [2.45, 2.75) is 26.8 Å². The third-order valence-electron chi connectivity index (χ3n) is 2.50. The third-order valence-corrected chi connectivity index (χ3v) is 2.79. The van der Waals surface area contributed by atoms with Crippen LogP contribution in [0.15, 0.2) is 43.0 Å². The Labute approximate surface area is 104 Å². The summed E-state index contributed by atoms with van der Waals surface area (Å²) in [4.78, 5) is 0.897. The molecule has 1 aromatic rings. The molecule has 0 heterocycles. The molecule has 0 atom stereocenters. The van der Waals surface area contributed by atoms with E-state index in [0.29, 0.717) is 0 Å². The summed E-state index contributed by atoms with van der Waals surface area (Å²) in [6.45, 7) is 8.89. The highest BCUT2D eigenvalue weighted by Crippen LogP contribution is 2.21. The number of hydrogen-bond donors (Lipinski definition) is 1. The van der Waals surface area contributed by atoms with Crippen molar-refractivity contribution < 1.29 is 0 Å². The van der Waals surface area contributed by atoms with Gasteiger partial charge in [-0.2, -0.15) is 0 Å². The summed E-state index contributed by atoms with van der Waals surface area (Å²) >= 11 is 5.31. The summed E-state index contributed by atoms with van der Waals surface area (Å²) in [6, 6.07) is 10.3. The van der Waals surface area contributed by atoms with Gasteiger partial charge in [0.2, 0.25) is 0 Å². The normalized spacial score (nSPS) is 10.9. The summed E-state index contributed by atoms with van der Waals surface area (Å²) < 4.78 is 0. The lowest BCUT2D eigenvalue weighted by Crippen LogP contribution is -2.25. The lowest BCUT2D eigenvalue weighted by molar-refractivity contribution is 0.502. The van der Waals surface area contributed by atoms with Gasteiger partial charge in [0.15, 0.2) is 0 Å². The first kappa shape index (κ1) is 12.9. The minimum atomic E-state index is 0.0702. The van der Waals surface area contributed by atoms with Gasteiger partial charge >= 0.3 is 0 Å². The van der Waals surface area contributed by atoms with E-state index < -0.39 is 0 Å². The maximum atomic E-state index is 5.31. The van der Waals surface area contributed by atoms with Gasteiger partial charge in [-0.3, -0.25) is 0 Å². The van der Waals surface area contributed by atoms with E-state index in [4.69, 9.17) is 12.2 Å².